The van der Waals surface area contributed by atoms with Crippen LogP contribution in [0.25, 0.3) is 22.3 Å². The Kier molecular flexibility index (Phi) is 4.62. The molecule has 1 amide bonds. The molecule has 27 heavy (non-hydrogen) atoms. The summed E-state index contributed by atoms with van der Waals surface area (Å²) in [5.41, 5.74) is 0.915. The van der Waals surface area contributed by atoms with Gasteiger partial charge in [0.25, 0.3) is 5.56 Å². The lowest BCUT2D eigenvalue weighted by Gasteiger charge is -2.16. The first-order valence-corrected chi connectivity index (χ1v) is 9.20. The van der Waals surface area contributed by atoms with Crippen LogP contribution in [-0.2, 0) is 11.3 Å². The van der Waals surface area contributed by atoms with Gasteiger partial charge in [-0.25, -0.2) is 4.98 Å². The first kappa shape index (κ1) is 17.3. The summed E-state index contributed by atoms with van der Waals surface area (Å²) in [6.07, 6.45) is 4.21. The van der Waals surface area contributed by atoms with Crippen molar-refractivity contribution < 1.29 is 9.90 Å². The Bertz CT molecular complexity index is 1040. The molecule has 0 radical (unpaired) electrons. The summed E-state index contributed by atoms with van der Waals surface area (Å²) in [5.74, 6) is 0.249. The average Bonchev–Trinajstić information content (AvgIpc) is 3.18. The predicted molar refractivity (Wildman–Crippen MR) is 104 cm³/mol. The minimum atomic E-state index is -0.337. The number of fused-ring (bicyclic) bond motifs is 1. The molecule has 1 aliphatic carbocycles. The first-order chi connectivity index (χ1) is 13.1. The molecule has 4 rings (SSSR count). The summed E-state index contributed by atoms with van der Waals surface area (Å²) in [7, 11) is 0. The van der Waals surface area contributed by atoms with Crippen LogP contribution in [-0.4, -0.2) is 26.6 Å². The van der Waals surface area contributed by atoms with Crippen LogP contribution in [0.5, 0.6) is 5.75 Å². The zero-order chi connectivity index (χ0) is 18.8. The van der Waals surface area contributed by atoms with Gasteiger partial charge in [0.1, 0.15) is 18.1 Å². The summed E-state index contributed by atoms with van der Waals surface area (Å²) < 4.78 is 1.39. The van der Waals surface area contributed by atoms with Gasteiger partial charge >= 0.3 is 0 Å². The number of aromatic hydroxyl groups is 1. The monoisotopic (exact) mass is 363 g/mol. The van der Waals surface area contributed by atoms with Crippen molar-refractivity contribution in [3.8, 4) is 17.1 Å². The maximum atomic E-state index is 13.1. The molecule has 0 atom stereocenters. The number of phenolic OH excluding ortho intramolecular Hbond substituents is 1. The van der Waals surface area contributed by atoms with Crippen LogP contribution in [0.2, 0.25) is 0 Å². The Morgan fingerprint density at radius 2 is 1.89 bits per heavy atom. The van der Waals surface area contributed by atoms with E-state index in [1.54, 1.807) is 6.07 Å². The van der Waals surface area contributed by atoms with Crippen molar-refractivity contribution >= 4 is 16.8 Å². The third-order valence-electron chi connectivity index (χ3n) is 4.99. The molecule has 2 N–H and O–H groups in total. The summed E-state index contributed by atoms with van der Waals surface area (Å²) in [4.78, 5) is 30.2. The van der Waals surface area contributed by atoms with Crippen LogP contribution < -0.4 is 10.9 Å². The number of hydrogen-bond acceptors (Lipinski definition) is 4. The zero-order valence-electron chi connectivity index (χ0n) is 14.9. The van der Waals surface area contributed by atoms with Crippen molar-refractivity contribution in [3.05, 3.63) is 58.9 Å². The summed E-state index contributed by atoms with van der Waals surface area (Å²) in [6.45, 7) is -0.0991. The van der Waals surface area contributed by atoms with Gasteiger partial charge < -0.3 is 10.4 Å². The lowest BCUT2D eigenvalue weighted by atomic mass is 10.1. The van der Waals surface area contributed by atoms with Gasteiger partial charge in [-0.15, -0.1) is 0 Å². The fourth-order valence-electron chi connectivity index (χ4n) is 3.65. The summed E-state index contributed by atoms with van der Waals surface area (Å²) >= 11 is 0. The number of amides is 1. The molecule has 3 aromatic rings. The van der Waals surface area contributed by atoms with E-state index in [1.807, 2.05) is 30.3 Å². The van der Waals surface area contributed by atoms with Crippen molar-refractivity contribution in [3.63, 3.8) is 0 Å². The second-order valence-electron chi connectivity index (χ2n) is 6.94. The summed E-state index contributed by atoms with van der Waals surface area (Å²) in [5, 5.41) is 13.1. The van der Waals surface area contributed by atoms with Gasteiger partial charge in [-0.2, -0.15) is 0 Å². The standard InChI is InChI=1S/C21H21N3O3/c25-16-10-11-18-17(12-16)21(27)24(13-19(26)22-15-8-4-5-9-15)20(23-18)14-6-2-1-3-7-14/h1-3,6-7,10-12,15,25H,4-5,8-9,13H2,(H,22,26). The molecule has 1 heterocycles. The third kappa shape index (κ3) is 3.56. The van der Waals surface area contributed by atoms with Crippen LogP contribution in [0.15, 0.2) is 53.3 Å². The smallest absolute Gasteiger partial charge is 0.262 e. The predicted octanol–water partition coefficient (Wildman–Crippen LogP) is 2.83. The van der Waals surface area contributed by atoms with Gasteiger partial charge in [0, 0.05) is 11.6 Å². The number of phenols is 1. The molecule has 0 spiro atoms. The Morgan fingerprint density at radius 3 is 2.63 bits per heavy atom. The number of nitrogens with zero attached hydrogens (tertiary/aromatic N) is 2. The Labute approximate surface area is 156 Å². The van der Waals surface area contributed by atoms with E-state index in [-0.39, 0.29) is 29.8 Å². The van der Waals surface area contributed by atoms with E-state index in [9.17, 15) is 14.7 Å². The third-order valence-corrected chi connectivity index (χ3v) is 4.99. The van der Waals surface area contributed by atoms with Crippen molar-refractivity contribution in [2.75, 3.05) is 0 Å². The highest BCUT2D eigenvalue weighted by atomic mass is 16.3. The van der Waals surface area contributed by atoms with Crippen LogP contribution in [0.3, 0.4) is 0 Å². The zero-order valence-corrected chi connectivity index (χ0v) is 14.9. The van der Waals surface area contributed by atoms with Crippen LogP contribution in [0.1, 0.15) is 25.7 Å². The van der Waals surface area contributed by atoms with Gasteiger partial charge in [-0.3, -0.25) is 14.2 Å². The summed E-state index contributed by atoms with van der Waals surface area (Å²) in [6, 6.07) is 14.0. The molecule has 6 nitrogen and oxygen atoms in total. The van der Waals surface area contributed by atoms with Crippen LogP contribution in [0, 0.1) is 0 Å². The fourth-order valence-corrected chi connectivity index (χ4v) is 3.65. The van der Waals surface area contributed by atoms with E-state index >= 15 is 0 Å². The Balaban J connectivity index is 1.79. The molecular formula is C21H21N3O3. The number of nitrogens with one attached hydrogen (secondary N) is 1. The highest BCUT2D eigenvalue weighted by Crippen LogP contribution is 2.21. The maximum absolute atomic E-state index is 13.1. The van der Waals surface area contributed by atoms with Gasteiger partial charge in [-0.05, 0) is 31.0 Å². The largest absolute Gasteiger partial charge is 0.508 e. The molecule has 0 unspecified atom stereocenters. The normalized spacial score (nSPS) is 14.5. The SMILES string of the molecule is O=C(Cn1c(-c2ccccc2)nc2ccc(O)cc2c1=O)NC1CCCC1. The lowest BCUT2D eigenvalue weighted by Crippen LogP contribution is -2.38. The molecular weight excluding hydrogens is 342 g/mol. The second-order valence-corrected chi connectivity index (χ2v) is 6.94. The van der Waals surface area contributed by atoms with Gasteiger partial charge in [0.2, 0.25) is 5.91 Å². The number of carbonyl (C=O) groups excluding carboxylic acids is 1. The number of benzene rings is 2. The number of carbonyl (C=O) groups is 1. The minimum absolute atomic E-state index is 0.00387. The van der Waals surface area contributed by atoms with Gasteiger partial charge in [0.15, 0.2) is 0 Å². The second kappa shape index (κ2) is 7.23. The number of hydrogen-bond donors (Lipinski definition) is 2. The fraction of sp³-hybridized carbons (Fsp3) is 0.286. The number of aromatic nitrogens is 2. The quantitative estimate of drug-likeness (QED) is 0.746. The molecule has 138 valence electrons. The molecule has 1 fully saturated rings. The van der Waals surface area contributed by atoms with Gasteiger partial charge in [-0.1, -0.05) is 43.2 Å². The molecule has 1 saturated carbocycles. The molecule has 6 heteroatoms. The highest BCUT2D eigenvalue weighted by Gasteiger charge is 2.20. The Hall–Kier alpha value is -3.15. The van der Waals surface area contributed by atoms with E-state index in [4.69, 9.17) is 0 Å². The van der Waals surface area contributed by atoms with E-state index in [0.29, 0.717) is 16.7 Å². The maximum Gasteiger partial charge on any atom is 0.262 e. The molecule has 2 aromatic carbocycles. The highest BCUT2D eigenvalue weighted by molar-refractivity contribution is 5.82. The topological polar surface area (TPSA) is 84.2 Å². The lowest BCUT2D eigenvalue weighted by molar-refractivity contribution is -0.122. The van der Waals surface area contributed by atoms with Crippen molar-refractivity contribution in [2.24, 2.45) is 0 Å². The van der Waals surface area contributed by atoms with Crippen molar-refractivity contribution in [2.45, 2.75) is 38.3 Å². The average molecular weight is 363 g/mol. The Morgan fingerprint density at radius 1 is 1.15 bits per heavy atom. The van der Waals surface area contributed by atoms with Crippen LogP contribution >= 0.6 is 0 Å². The van der Waals surface area contributed by atoms with E-state index < -0.39 is 0 Å². The molecule has 1 aromatic heterocycles. The first-order valence-electron chi connectivity index (χ1n) is 9.20. The molecule has 0 bridgehead atoms. The molecule has 1 aliphatic rings. The minimum Gasteiger partial charge on any atom is -0.508 e. The molecule has 0 aliphatic heterocycles. The van der Waals surface area contributed by atoms with Crippen molar-refractivity contribution in [1.82, 2.24) is 14.9 Å². The van der Waals surface area contributed by atoms with Crippen LogP contribution in [0.4, 0.5) is 0 Å². The van der Waals surface area contributed by atoms with Gasteiger partial charge in [0.05, 0.1) is 10.9 Å². The van der Waals surface area contributed by atoms with E-state index in [1.165, 1.54) is 16.7 Å². The van der Waals surface area contributed by atoms with E-state index in [0.717, 1.165) is 31.2 Å². The van der Waals surface area contributed by atoms with Crippen molar-refractivity contribution in [1.29, 1.82) is 0 Å². The molecule has 0 saturated heterocycles. The van der Waals surface area contributed by atoms with E-state index in [2.05, 4.69) is 10.3 Å². The number of rotatable bonds is 4.